The molecule has 0 amide bonds. The van der Waals surface area contributed by atoms with Crippen molar-refractivity contribution < 1.29 is 14.0 Å². The minimum Gasteiger partial charge on any atom is -0.461 e. The first-order valence-electron chi connectivity index (χ1n) is 4.98. The summed E-state index contributed by atoms with van der Waals surface area (Å²) in [6.07, 6.45) is 1.12. The molecule has 1 atom stereocenters. The topological polar surface area (TPSA) is 98.3 Å². The Kier molecular flexibility index (Phi) is 3.02. The number of aliphatic hydroxyl groups excluding tert-OH is 1. The van der Waals surface area contributed by atoms with Crippen LogP contribution >= 0.6 is 0 Å². The molecule has 2 rings (SSSR count). The molecule has 6 nitrogen and oxygen atoms in total. The molecule has 0 fully saturated rings. The van der Waals surface area contributed by atoms with Crippen molar-refractivity contribution in [2.75, 3.05) is 6.54 Å². The standard InChI is InChI=1S/C10H13N3O3/c1-6-3-5-15-8(6)9-12-10(16-13-9)7(14)2-4-11/h3,5,7,14H,2,4,11H2,1H3/t7-/m0/s1. The normalized spacial score (nSPS) is 12.9. The van der Waals surface area contributed by atoms with Gasteiger partial charge in [-0.05, 0) is 31.5 Å². The van der Waals surface area contributed by atoms with Crippen molar-refractivity contribution >= 4 is 0 Å². The fraction of sp³-hybridized carbons (Fsp3) is 0.400. The quantitative estimate of drug-likeness (QED) is 0.802. The summed E-state index contributed by atoms with van der Waals surface area (Å²) in [7, 11) is 0. The monoisotopic (exact) mass is 223 g/mol. The third-order valence-corrected chi connectivity index (χ3v) is 2.23. The van der Waals surface area contributed by atoms with Gasteiger partial charge in [0.25, 0.3) is 5.89 Å². The van der Waals surface area contributed by atoms with Gasteiger partial charge in [0.05, 0.1) is 6.26 Å². The first kappa shape index (κ1) is 10.8. The van der Waals surface area contributed by atoms with Gasteiger partial charge in [0.15, 0.2) is 5.76 Å². The Bertz CT molecular complexity index is 463. The number of hydrogen-bond acceptors (Lipinski definition) is 6. The average Bonchev–Trinajstić information content (AvgIpc) is 2.86. The molecule has 0 saturated carbocycles. The summed E-state index contributed by atoms with van der Waals surface area (Å²) >= 11 is 0. The van der Waals surface area contributed by atoms with E-state index in [1.54, 1.807) is 6.26 Å². The lowest BCUT2D eigenvalue weighted by Crippen LogP contribution is -2.06. The Morgan fingerprint density at radius 1 is 1.56 bits per heavy atom. The molecule has 0 aromatic carbocycles. The van der Waals surface area contributed by atoms with Crippen molar-refractivity contribution in [1.82, 2.24) is 10.1 Å². The number of nitrogens with two attached hydrogens (primary N) is 1. The van der Waals surface area contributed by atoms with E-state index in [4.69, 9.17) is 14.7 Å². The lowest BCUT2D eigenvalue weighted by molar-refractivity contribution is 0.127. The van der Waals surface area contributed by atoms with Crippen LogP contribution in [0.25, 0.3) is 11.6 Å². The Morgan fingerprint density at radius 3 is 3.00 bits per heavy atom. The summed E-state index contributed by atoms with van der Waals surface area (Å²) in [5, 5.41) is 13.3. The fourth-order valence-electron chi connectivity index (χ4n) is 1.35. The second-order valence-electron chi connectivity index (χ2n) is 3.48. The van der Waals surface area contributed by atoms with E-state index in [1.807, 2.05) is 13.0 Å². The number of hydrogen-bond donors (Lipinski definition) is 2. The van der Waals surface area contributed by atoms with Gasteiger partial charge in [0.2, 0.25) is 5.82 Å². The molecular formula is C10H13N3O3. The van der Waals surface area contributed by atoms with Crippen LogP contribution in [-0.4, -0.2) is 21.8 Å². The second kappa shape index (κ2) is 4.46. The summed E-state index contributed by atoms with van der Waals surface area (Å²) in [4.78, 5) is 4.06. The van der Waals surface area contributed by atoms with Crippen LogP contribution in [-0.2, 0) is 0 Å². The smallest absolute Gasteiger partial charge is 0.255 e. The van der Waals surface area contributed by atoms with E-state index in [0.717, 1.165) is 5.56 Å². The predicted octanol–water partition coefficient (Wildman–Crippen LogP) is 1.02. The van der Waals surface area contributed by atoms with E-state index in [1.165, 1.54) is 0 Å². The molecule has 2 aromatic rings. The molecule has 2 aromatic heterocycles. The van der Waals surface area contributed by atoms with E-state index in [9.17, 15) is 5.11 Å². The van der Waals surface area contributed by atoms with Crippen LogP contribution in [0.15, 0.2) is 21.3 Å². The number of furan rings is 1. The molecule has 0 aliphatic rings. The molecule has 0 bridgehead atoms. The van der Waals surface area contributed by atoms with Crippen molar-refractivity contribution in [2.45, 2.75) is 19.4 Å². The average molecular weight is 223 g/mol. The van der Waals surface area contributed by atoms with Gasteiger partial charge in [-0.25, -0.2) is 0 Å². The van der Waals surface area contributed by atoms with Gasteiger partial charge in [-0.15, -0.1) is 0 Å². The molecule has 0 aliphatic heterocycles. The Labute approximate surface area is 92.1 Å². The van der Waals surface area contributed by atoms with Gasteiger partial charge < -0.3 is 19.8 Å². The van der Waals surface area contributed by atoms with E-state index in [2.05, 4.69) is 10.1 Å². The third-order valence-electron chi connectivity index (χ3n) is 2.23. The third kappa shape index (κ3) is 1.98. The fourth-order valence-corrected chi connectivity index (χ4v) is 1.35. The number of aromatic nitrogens is 2. The largest absolute Gasteiger partial charge is 0.461 e. The number of aryl methyl sites for hydroxylation is 1. The molecule has 2 heterocycles. The van der Waals surface area contributed by atoms with Crippen LogP contribution in [0.5, 0.6) is 0 Å². The Balaban J connectivity index is 2.23. The molecule has 6 heteroatoms. The SMILES string of the molecule is Cc1ccoc1-c1noc([C@@H](O)CCN)n1. The lowest BCUT2D eigenvalue weighted by Gasteiger charge is -2.00. The predicted molar refractivity (Wildman–Crippen MR) is 55.4 cm³/mol. The van der Waals surface area contributed by atoms with Crippen LogP contribution in [0.2, 0.25) is 0 Å². The Hall–Kier alpha value is -1.66. The van der Waals surface area contributed by atoms with Gasteiger partial charge >= 0.3 is 0 Å². The number of nitrogens with zero attached hydrogens (tertiary/aromatic N) is 2. The first-order chi connectivity index (χ1) is 7.72. The summed E-state index contributed by atoms with van der Waals surface area (Å²) in [5.74, 6) is 1.06. The maximum atomic E-state index is 9.59. The zero-order chi connectivity index (χ0) is 11.5. The van der Waals surface area contributed by atoms with Crippen LogP contribution < -0.4 is 5.73 Å². The molecule has 0 aliphatic carbocycles. The van der Waals surface area contributed by atoms with Crippen LogP contribution in [0.1, 0.15) is 24.0 Å². The highest BCUT2D eigenvalue weighted by atomic mass is 16.5. The number of aliphatic hydroxyl groups is 1. The summed E-state index contributed by atoms with van der Waals surface area (Å²) < 4.78 is 10.1. The van der Waals surface area contributed by atoms with Crippen molar-refractivity contribution in [3.8, 4) is 11.6 Å². The van der Waals surface area contributed by atoms with E-state index in [0.29, 0.717) is 24.6 Å². The molecule has 86 valence electrons. The second-order valence-corrected chi connectivity index (χ2v) is 3.48. The highest BCUT2D eigenvalue weighted by Gasteiger charge is 2.18. The van der Waals surface area contributed by atoms with Gasteiger partial charge in [-0.2, -0.15) is 4.98 Å². The van der Waals surface area contributed by atoms with Gasteiger partial charge in [0.1, 0.15) is 6.10 Å². The lowest BCUT2D eigenvalue weighted by atomic mass is 10.2. The molecule has 0 spiro atoms. The molecule has 0 unspecified atom stereocenters. The zero-order valence-electron chi connectivity index (χ0n) is 8.88. The van der Waals surface area contributed by atoms with E-state index in [-0.39, 0.29) is 5.89 Å². The summed E-state index contributed by atoms with van der Waals surface area (Å²) in [5.41, 5.74) is 6.24. The van der Waals surface area contributed by atoms with E-state index < -0.39 is 6.10 Å². The first-order valence-corrected chi connectivity index (χ1v) is 4.98. The molecule has 0 radical (unpaired) electrons. The van der Waals surface area contributed by atoms with Gasteiger partial charge in [-0.3, -0.25) is 0 Å². The molecular weight excluding hydrogens is 210 g/mol. The van der Waals surface area contributed by atoms with E-state index >= 15 is 0 Å². The van der Waals surface area contributed by atoms with Gasteiger partial charge in [-0.1, -0.05) is 5.16 Å². The highest BCUT2D eigenvalue weighted by Crippen LogP contribution is 2.23. The van der Waals surface area contributed by atoms with Crippen molar-refractivity contribution in [3.05, 3.63) is 23.8 Å². The minimum absolute atomic E-state index is 0.163. The maximum absolute atomic E-state index is 9.59. The van der Waals surface area contributed by atoms with Crippen molar-refractivity contribution in [3.63, 3.8) is 0 Å². The highest BCUT2D eigenvalue weighted by molar-refractivity contribution is 5.50. The Morgan fingerprint density at radius 2 is 2.38 bits per heavy atom. The summed E-state index contributed by atoms with van der Waals surface area (Å²) in [6.45, 7) is 2.24. The summed E-state index contributed by atoms with van der Waals surface area (Å²) in [6, 6.07) is 1.81. The van der Waals surface area contributed by atoms with Crippen LogP contribution in [0.4, 0.5) is 0 Å². The number of rotatable bonds is 4. The molecule has 16 heavy (non-hydrogen) atoms. The van der Waals surface area contributed by atoms with Crippen LogP contribution in [0, 0.1) is 6.92 Å². The molecule has 0 saturated heterocycles. The maximum Gasteiger partial charge on any atom is 0.255 e. The zero-order valence-corrected chi connectivity index (χ0v) is 8.88. The van der Waals surface area contributed by atoms with Gasteiger partial charge in [0, 0.05) is 0 Å². The van der Waals surface area contributed by atoms with Crippen LogP contribution in [0.3, 0.4) is 0 Å². The van der Waals surface area contributed by atoms with Crippen molar-refractivity contribution in [1.29, 1.82) is 0 Å². The molecule has 3 N–H and O–H groups in total. The minimum atomic E-state index is -0.818. The van der Waals surface area contributed by atoms with Crippen molar-refractivity contribution in [2.24, 2.45) is 5.73 Å².